The molecule has 0 bridgehead atoms. The van der Waals surface area contributed by atoms with E-state index in [4.69, 9.17) is 0 Å². The standard InChI is InChI=1S/C16H19N3O/c1-12-2-4-14(5-3-12)11-19-16(20)8-15(10-18-19)17-9-13-6-7-13/h2-5,8,10,13,17H,6-7,9,11H2,1H3. The van der Waals surface area contributed by atoms with E-state index < -0.39 is 0 Å². The first-order valence-corrected chi connectivity index (χ1v) is 7.07. The smallest absolute Gasteiger partial charge is 0.269 e. The van der Waals surface area contributed by atoms with E-state index in [0.717, 1.165) is 23.7 Å². The van der Waals surface area contributed by atoms with Crippen LogP contribution in [0.15, 0.2) is 41.3 Å². The molecule has 4 heteroatoms. The van der Waals surface area contributed by atoms with Gasteiger partial charge >= 0.3 is 0 Å². The Morgan fingerprint density at radius 3 is 2.70 bits per heavy atom. The normalized spacial score (nSPS) is 14.2. The third-order valence-electron chi connectivity index (χ3n) is 3.61. The van der Waals surface area contributed by atoms with Gasteiger partial charge in [-0.25, -0.2) is 4.68 Å². The number of hydrogen-bond acceptors (Lipinski definition) is 3. The number of rotatable bonds is 5. The molecule has 1 aromatic carbocycles. The van der Waals surface area contributed by atoms with E-state index in [2.05, 4.69) is 17.3 Å². The largest absolute Gasteiger partial charge is 0.383 e. The number of aromatic nitrogens is 2. The van der Waals surface area contributed by atoms with E-state index in [0.29, 0.717) is 6.54 Å². The molecule has 3 rings (SSSR count). The van der Waals surface area contributed by atoms with Crippen molar-refractivity contribution in [2.45, 2.75) is 26.3 Å². The molecule has 104 valence electrons. The first-order valence-electron chi connectivity index (χ1n) is 7.07. The molecule has 0 spiro atoms. The lowest BCUT2D eigenvalue weighted by atomic mass is 10.1. The second-order valence-electron chi connectivity index (χ2n) is 5.55. The molecule has 0 aliphatic heterocycles. The van der Waals surface area contributed by atoms with Crippen LogP contribution in [0, 0.1) is 12.8 Å². The van der Waals surface area contributed by atoms with E-state index in [1.165, 1.54) is 23.1 Å². The Kier molecular flexibility index (Phi) is 3.54. The number of aryl methyl sites for hydroxylation is 1. The van der Waals surface area contributed by atoms with Crippen LogP contribution < -0.4 is 10.9 Å². The summed E-state index contributed by atoms with van der Waals surface area (Å²) in [5, 5.41) is 7.51. The highest BCUT2D eigenvalue weighted by atomic mass is 16.1. The molecule has 1 aromatic heterocycles. The van der Waals surface area contributed by atoms with E-state index in [1.807, 2.05) is 24.3 Å². The van der Waals surface area contributed by atoms with Crippen LogP contribution in [0.2, 0.25) is 0 Å². The molecule has 1 N–H and O–H groups in total. The van der Waals surface area contributed by atoms with Crippen LogP contribution >= 0.6 is 0 Å². The molecular weight excluding hydrogens is 250 g/mol. The van der Waals surface area contributed by atoms with Gasteiger partial charge in [-0.05, 0) is 31.2 Å². The van der Waals surface area contributed by atoms with Crippen molar-refractivity contribution in [2.24, 2.45) is 5.92 Å². The Balaban J connectivity index is 1.69. The third kappa shape index (κ3) is 3.26. The monoisotopic (exact) mass is 269 g/mol. The highest BCUT2D eigenvalue weighted by molar-refractivity contribution is 5.39. The second-order valence-corrected chi connectivity index (χ2v) is 5.55. The topological polar surface area (TPSA) is 46.9 Å². The van der Waals surface area contributed by atoms with Gasteiger partial charge in [-0.15, -0.1) is 0 Å². The molecule has 0 unspecified atom stereocenters. The lowest BCUT2D eigenvalue weighted by Gasteiger charge is -2.08. The van der Waals surface area contributed by atoms with Gasteiger partial charge in [0.2, 0.25) is 0 Å². The average molecular weight is 269 g/mol. The van der Waals surface area contributed by atoms with Gasteiger partial charge < -0.3 is 5.32 Å². The van der Waals surface area contributed by atoms with Crippen LogP contribution in [0.5, 0.6) is 0 Å². The fraction of sp³-hybridized carbons (Fsp3) is 0.375. The maximum atomic E-state index is 12.0. The Bertz CT molecular complexity index is 642. The maximum Gasteiger partial charge on any atom is 0.269 e. The van der Waals surface area contributed by atoms with Crippen molar-refractivity contribution in [2.75, 3.05) is 11.9 Å². The van der Waals surface area contributed by atoms with Gasteiger partial charge in [0.25, 0.3) is 5.56 Å². The van der Waals surface area contributed by atoms with Crippen molar-refractivity contribution in [3.05, 3.63) is 58.0 Å². The predicted octanol–water partition coefficient (Wildman–Crippen LogP) is 2.42. The fourth-order valence-corrected chi connectivity index (χ4v) is 2.10. The maximum absolute atomic E-state index is 12.0. The Labute approximate surface area is 118 Å². The van der Waals surface area contributed by atoms with Crippen LogP contribution in [-0.4, -0.2) is 16.3 Å². The highest BCUT2D eigenvalue weighted by Crippen LogP contribution is 2.28. The van der Waals surface area contributed by atoms with Crippen LogP contribution in [0.25, 0.3) is 0 Å². The van der Waals surface area contributed by atoms with Gasteiger partial charge in [-0.3, -0.25) is 4.79 Å². The summed E-state index contributed by atoms with van der Waals surface area (Å²) >= 11 is 0. The summed E-state index contributed by atoms with van der Waals surface area (Å²) in [7, 11) is 0. The average Bonchev–Trinajstić information content (AvgIpc) is 3.26. The highest BCUT2D eigenvalue weighted by Gasteiger charge is 2.20. The molecular formula is C16H19N3O. The van der Waals surface area contributed by atoms with Gasteiger partial charge in [-0.1, -0.05) is 29.8 Å². The van der Waals surface area contributed by atoms with Crippen LogP contribution in [0.1, 0.15) is 24.0 Å². The lowest BCUT2D eigenvalue weighted by molar-refractivity contribution is 0.639. The van der Waals surface area contributed by atoms with E-state index in [9.17, 15) is 4.79 Å². The summed E-state index contributed by atoms with van der Waals surface area (Å²) in [6, 6.07) is 9.78. The van der Waals surface area contributed by atoms with Gasteiger partial charge in [-0.2, -0.15) is 5.10 Å². The zero-order chi connectivity index (χ0) is 13.9. The lowest BCUT2D eigenvalue weighted by Crippen LogP contribution is -2.23. The Morgan fingerprint density at radius 2 is 2.05 bits per heavy atom. The summed E-state index contributed by atoms with van der Waals surface area (Å²) < 4.78 is 1.49. The summed E-state index contributed by atoms with van der Waals surface area (Å²) in [5.74, 6) is 0.782. The molecule has 0 saturated heterocycles. The van der Waals surface area contributed by atoms with Crippen LogP contribution in [-0.2, 0) is 6.54 Å². The SMILES string of the molecule is Cc1ccc(Cn2ncc(NCC3CC3)cc2=O)cc1. The van der Waals surface area contributed by atoms with Crippen molar-refractivity contribution in [1.29, 1.82) is 0 Å². The van der Waals surface area contributed by atoms with E-state index >= 15 is 0 Å². The third-order valence-corrected chi connectivity index (χ3v) is 3.61. The predicted molar refractivity (Wildman–Crippen MR) is 80.0 cm³/mol. The van der Waals surface area contributed by atoms with Gasteiger partial charge in [0, 0.05) is 12.6 Å². The molecule has 4 nitrogen and oxygen atoms in total. The molecule has 0 radical (unpaired) electrons. The van der Waals surface area contributed by atoms with Gasteiger partial charge in [0.15, 0.2) is 0 Å². The minimum Gasteiger partial charge on any atom is -0.383 e. The fourth-order valence-electron chi connectivity index (χ4n) is 2.10. The minimum atomic E-state index is -0.0635. The summed E-state index contributed by atoms with van der Waals surface area (Å²) in [6.45, 7) is 3.51. The van der Waals surface area contributed by atoms with Crippen LogP contribution in [0.3, 0.4) is 0 Å². The molecule has 1 heterocycles. The molecule has 0 amide bonds. The molecule has 1 aliphatic carbocycles. The van der Waals surface area contributed by atoms with Gasteiger partial charge in [0.1, 0.15) is 0 Å². The first kappa shape index (κ1) is 12.9. The quantitative estimate of drug-likeness (QED) is 0.906. The molecule has 20 heavy (non-hydrogen) atoms. The molecule has 1 fully saturated rings. The Hall–Kier alpha value is -2.10. The van der Waals surface area contributed by atoms with Crippen molar-refractivity contribution in [3.8, 4) is 0 Å². The second kappa shape index (κ2) is 5.49. The molecule has 1 aliphatic rings. The van der Waals surface area contributed by atoms with E-state index in [1.54, 1.807) is 12.3 Å². The minimum absolute atomic E-state index is 0.0635. The van der Waals surface area contributed by atoms with Crippen molar-refractivity contribution >= 4 is 5.69 Å². The van der Waals surface area contributed by atoms with Gasteiger partial charge in [0.05, 0.1) is 18.4 Å². The summed E-state index contributed by atoms with van der Waals surface area (Å²) in [5.41, 5.74) is 3.06. The van der Waals surface area contributed by atoms with Crippen molar-refractivity contribution in [1.82, 2.24) is 9.78 Å². The van der Waals surface area contributed by atoms with Crippen LogP contribution in [0.4, 0.5) is 5.69 Å². The zero-order valence-electron chi connectivity index (χ0n) is 11.7. The number of hydrogen-bond donors (Lipinski definition) is 1. The number of nitrogens with zero attached hydrogens (tertiary/aromatic N) is 2. The van der Waals surface area contributed by atoms with E-state index in [-0.39, 0.29) is 5.56 Å². The molecule has 0 atom stereocenters. The molecule has 1 saturated carbocycles. The summed E-state index contributed by atoms with van der Waals surface area (Å²) in [6.07, 6.45) is 4.33. The number of benzene rings is 1. The summed E-state index contributed by atoms with van der Waals surface area (Å²) in [4.78, 5) is 12.0. The van der Waals surface area contributed by atoms with Crippen molar-refractivity contribution in [3.63, 3.8) is 0 Å². The Morgan fingerprint density at radius 1 is 1.30 bits per heavy atom. The molecule has 2 aromatic rings. The first-order chi connectivity index (χ1) is 9.70. The zero-order valence-corrected chi connectivity index (χ0v) is 11.7. The number of anilines is 1. The van der Waals surface area contributed by atoms with Crippen molar-refractivity contribution < 1.29 is 0 Å². The number of nitrogens with one attached hydrogen (secondary N) is 1.